The number of rotatable bonds is 7. The van der Waals surface area contributed by atoms with Gasteiger partial charge in [-0.15, -0.1) is 0 Å². The molecule has 1 N–H and O–H groups in total. The number of hydrogen-bond donors (Lipinski definition) is 1. The molecule has 2 aromatic rings. The Bertz CT molecular complexity index is 809. The second-order valence-corrected chi connectivity index (χ2v) is 5.73. The Morgan fingerprint density at radius 1 is 1.12 bits per heavy atom. The number of phenols is 1. The minimum absolute atomic E-state index is 0.0101. The van der Waals surface area contributed by atoms with Gasteiger partial charge in [0.05, 0.1) is 7.11 Å². The summed E-state index contributed by atoms with van der Waals surface area (Å²) in [5.41, 5.74) is 1.17. The lowest BCUT2D eigenvalue weighted by molar-refractivity contribution is -0.130. The first-order chi connectivity index (χ1) is 12.4. The van der Waals surface area contributed by atoms with Crippen molar-refractivity contribution < 1.29 is 24.2 Å². The average Bonchev–Trinajstić information content (AvgIpc) is 2.64. The summed E-state index contributed by atoms with van der Waals surface area (Å²) in [5, 5.41) is 9.74. The maximum absolute atomic E-state index is 12.2. The molecule has 0 heterocycles. The van der Waals surface area contributed by atoms with Crippen LogP contribution in [0.15, 0.2) is 48.5 Å². The van der Waals surface area contributed by atoms with Crippen molar-refractivity contribution >= 4 is 17.8 Å². The number of carbonyl (C=O) groups excluding carboxylic acids is 2. The fourth-order valence-electron chi connectivity index (χ4n) is 2.07. The molecule has 0 aliphatic carbocycles. The van der Waals surface area contributed by atoms with E-state index in [0.717, 1.165) is 0 Å². The van der Waals surface area contributed by atoms with Crippen molar-refractivity contribution in [2.24, 2.45) is 0 Å². The fraction of sp³-hybridized carbons (Fsp3) is 0.200. The molecule has 136 valence electrons. The summed E-state index contributed by atoms with van der Waals surface area (Å²) in [7, 11) is 4.78. The largest absolute Gasteiger partial charge is 0.504 e. The molecule has 26 heavy (non-hydrogen) atoms. The van der Waals surface area contributed by atoms with Gasteiger partial charge < -0.3 is 19.5 Å². The Balaban J connectivity index is 1.99. The van der Waals surface area contributed by atoms with Crippen molar-refractivity contribution in [3.8, 4) is 17.2 Å². The number of methoxy groups -OCH3 is 1. The minimum Gasteiger partial charge on any atom is -0.504 e. The molecule has 0 spiro atoms. The zero-order valence-electron chi connectivity index (χ0n) is 14.9. The van der Waals surface area contributed by atoms with Gasteiger partial charge in [0.15, 0.2) is 23.9 Å². The normalized spacial score (nSPS) is 10.6. The van der Waals surface area contributed by atoms with E-state index in [0.29, 0.717) is 22.6 Å². The zero-order chi connectivity index (χ0) is 19.1. The van der Waals surface area contributed by atoms with Gasteiger partial charge in [0.2, 0.25) is 0 Å². The number of ketones is 1. The van der Waals surface area contributed by atoms with Crippen molar-refractivity contribution in [3.63, 3.8) is 0 Å². The van der Waals surface area contributed by atoms with Crippen LogP contribution in [-0.4, -0.2) is 49.5 Å². The van der Waals surface area contributed by atoms with Crippen LogP contribution in [0.5, 0.6) is 17.2 Å². The highest BCUT2D eigenvalue weighted by atomic mass is 16.5. The first-order valence-corrected chi connectivity index (χ1v) is 7.93. The number of amides is 1. The van der Waals surface area contributed by atoms with Crippen molar-refractivity contribution in [2.45, 2.75) is 0 Å². The van der Waals surface area contributed by atoms with Crippen LogP contribution < -0.4 is 9.47 Å². The van der Waals surface area contributed by atoms with Crippen LogP contribution in [0.2, 0.25) is 0 Å². The molecule has 0 bridgehead atoms. The van der Waals surface area contributed by atoms with Crippen molar-refractivity contribution in [2.75, 3.05) is 27.8 Å². The van der Waals surface area contributed by atoms with Crippen molar-refractivity contribution in [1.82, 2.24) is 4.90 Å². The molecule has 6 nitrogen and oxygen atoms in total. The second-order valence-electron chi connectivity index (χ2n) is 5.73. The summed E-state index contributed by atoms with van der Waals surface area (Å²) >= 11 is 0. The standard InChI is InChI=1S/C20H21NO5/c1-21(2)20(24)13-26-16-8-6-15(7-9-16)17(22)10-4-14-5-11-19(25-3)18(23)12-14/h4-12,23H,13H2,1-3H3. The van der Waals surface area contributed by atoms with E-state index in [2.05, 4.69) is 0 Å². The molecule has 0 aromatic heterocycles. The zero-order valence-corrected chi connectivity index (χ0v) is 14.9. The Labute approximate surface area is 152 Å². The molecule has 2 rings (SSSR count). The summed E-state index contributed by atoms with van der Waals surface area (Å²) in [6, 6.07) is 11.4. The third-order valence-corrected chi connectivity index (χ3v) is 3.63. The molecule has 0 aliphatic rings. The fourth-order valence-corrected chi connectivity index (χ4v) is 2.07. The number of allylic oxidation sites excluding steroid dienone is 1. The lowest BCUT2D eigenvalue weighted by Gasteiger charge is -2.11. The van der Waals surface area contributed by atoms with E-state index >= 15 is 0 Å². The van der Waals surface area contributed by atoms with Crippen LogP contribution in [0, 0.1) is 0 Å². The number of hydrogen-bond acceptors (Lipinski definition) is 5. The first kappa shape index (κ1) is 19.1. The number of nitrogens with zero attached hydrogens (tertiary/aromatic N) is 1. The predicted molar refractivity (Wildman–Crippen MR) is 98.7 cm³/mol. The molecule has 2 aromatic carbocycles. The number of carbonyl (C=O) groups is 2. The van der Waals surface area contributed by atoms with Gasteiger partial charge in [0.1, 0.15) is 5.75 Å². The Morgan fingerprint density at radius 3 is 2.38 bits per heavy atom. The molecule has 0 unspecified atom stereocenters. The number of phenolic OH excluding ortho intramolecular Hbond substituents is 1. The third-order valence-electron chi connectivity index (χ3n) is 3.63. The quantitative estimate of drug-likeness (QED) is 0.610. The Morgan fingerprint density at radius 2 is 1.81 bits per heavy atom. The summed E-state index contributed by atoms with van der Waals surface area (Å²) in [4.78, 5) is 25.1. The molecule has 0 fully saturated rings. The monoisotopic (exact) mass is 355 g/mol. The van der Waals surface area contributed by atoms with Gasteiger partial charge in [-0.2, -0.15) is 0 Å². The smallest absolute Gasteiger partial charge is 0.259 e. The Hall–Kier alpha value is -3.28. The molecular formula is C20H21NO5. The van der Waals surface area contributed by atoms with Gasteiger partial charge in [0, 0.05) is 19.7 Å². The number of likely N-dealkylation sites (N-methyl/N-ethyl adjacent to an activating group) is 1. The van der Waals surface area contributed by atoms with E-state index in [9.17, 15) is 14.7 Å². The van der Waals surface area contributed by atoms with Crippen LogP contribution in [0.4, 0.5) is 0 Å². The van der Waals surface area contributed by atoms with E-state index in [1.807, 2.05) is 0 Å². The average molecular weight is 355 g/mol. The van der Waals surface area contributed by atoms with Gasteiger partial charge in [-0.05, 0) is 48.0 Å². The van der Waals surface area contributed by atoms with Crippen molar-refractivity contribution in [1.29, 1.82) is 0 Å². The van der Waals surface area contributed by atoms with Gasteiger partial charge >= 0.3 is 0 Å². The van der Waals surface area contributed by atoms with Crippen LogP contribution in [0.25, 0.3) is 6.08 Å². The molecule has 0 radical (unpaired) electrons. The summed E-state index contributed by atoms with van der Waals surface area (Å²) in [5.74, 6) is 0.570. The van der Waals surface area contributed by atoms with Crippen LogP contribution in [-0.2, 0) is 4.79 Å². The highest BCUT2D eigenvalue weighted by Gasteiger charge is 2.07. The van der Waals surface area contributed by atoms with Gasteiger partial charge in [-0.25, -0.2) is 0 Å². The highest BCUT2D eigenvalue weighted by Crippen LogP contribution is 2.26. The number of aromatic hydroxyl groups is 1. The molecule has 0 aliphatic heterocycles. The maximum atomic E-state index is 12.2. The summed E-state index contributed by atoms with van der Waals surface area (Å²) < 4.78 is 10.3. The van der Waals surface area contributed by atoms with Crippen LogP contribution in [0.3, 0.4) is 0 Å². The topological polar surface area (TPSA) is 76.1 Å². The van der Waals surface area contributed by atoms with E-state index in [-0.39, 0.29) is 24.0 Å². The highest BCUT2D eigenvalue weighted by molar-refractivity contribution is 6.06. The minimum atomic E-state index is -0.184. The summed E-state index contributed by atoms with van der Waals surface area (Å²) in [6.07, 6.45) is 3.04. The van der Waals surface area contributed by atoms with E-state index in [1.54, 1.807) is 56.6 Å². The SMILES string of the molecule is COc1ccc(C=CC(=O)c2ccc(OCC(=O)N(C)C)cc2)cc1O. The number of benzene rings is 2. The molecule has 0 saturated carbocycles. The van der Waals surface area contributed by atoms with E-state index in [4.69, 9.17) is 9.47 Å². The molecule has 0 atom stereocenters. The van der Waals surface area contributed by atoms with E-state index in [1.165, 1.54) is 24.2 Å². The third kappa shape index (κ3) is 5.11. The lowest BCUT2D eigenvalue weighted by atomic mass is 10.1. The second kappa shape index (κ2) is 8.71. The Kier molecular flexibility index (Phi) is 6.38. The maximum Gasteiger partial charge on any atom is 0.259 e. The molecule has 1 amide bonds. The van der Waals surface area contributed by atoms with Gasteiger partial charge in [-0.3, -0.25) is 9.59 Å². The van der Waals surface area contributed by atoms with Crippen LogP contribution in [0.1, 0.15) is 15.9 Å². The van der Waals surface area contributed by atoms with Gasteiger partial charge in [-0.1, -0.05) is 12.1 Å². The molecule has 6 heteroatoms. The van der Waals surface area contributed by atoms with Gasteiger partial charge in [0.25, 0.3) is 5.91 Å². The number of ether oxygens (including phenoxy) is 2. The summed E-state index contributed by atoms with van der Waals surface area (Å²) in [6.45, 7) is -0.0544. The van der Waals surface area contributed by atoms with Crippen LogP contribution >= 0.6 is 0 Å². The van der Waals surface area contributed by atoms with Crippen molar-refractivity contribution in [3.05, 3.63) is 59.7 Å². The first-order valence-electron chi connectivity index (χ1n) is 7.93. The lowest BCUT2D eigenvalue weighted by Crippen LogP contribution is -2.27. The molecular weight excluding hydrogens is 334 g/mol. The van der Waals surface area contributed by atoms with E-state index < -0.39 is 0 Å². The predicted octanol–water partition coefficient (Wildman–Crippen LogP) is 2.76. The molecule has 0 saturated heterocycles.